The summed E-state index contributed by atoms with van der Waals surface area (Å²) in [5.74, 6) is -0.459. The van der Waals surface area contributed by atoms with Crippen LogP contribution in [-0.4, -0.2) is 33.2 Å². The first-order chi connectivity index (χ1) is 16.6. The van der Waals surface area contributed by atoms with Gasteiger partial charge in [0.1, 0.15) is 29.5 Å². The molecule has 3 heterocycles. The van der Waals surface area contributed by atoms with E-state index < -0.39 is 11.6 Å². The molecule has 0 bridgehead atoms. The van der Waals surface area contributed by atoms with E-state index in [1.807, 2.05) is 24.3 Å². The van der Waals surface area contributed by atoms with E-state index in [1.54, 1.807) is 0 Å². The average molecular weight is 462 g/mol. The molecule has 1 aliphatic heterocycles. The predicted molar refractivity (Wildman–Crippen MR) is 130 cm³/mol. The summed E-state index contributed by atoms with van der Waals surface area (Å²) in [4.78, 5) is 11.7. The Kier molecular flexibility index (Phi) is 4.97. The molecule has 0 amide bonds. The number of benzene rings is 2. The van der Waals surface area contributed by atoms with Crippen molar-refractivity contribution in [3.63, 3.8) is 0 Å². The number of rotatable bonds is 4. The van der Waals surface area contributed by atoms with E-state index in [0.717, 1.165) is 28.6 Å². The van der Waals surface area contributed by atoms with Gasteiger partial charge in [-0.25, -0.2) is 18.8 Å². The molecule has 7 nitrogen and oxygen atoms in total. The monoisotopic (exact) mass is 461 g/mol. The van der Waals surface area contributed by atoms with E-state index in [9.17, 15) is 8.78 Å². The highest BCUT2D eigenvalue weighted by molar-refractivity contribution is 6.03. The number of nitrogens with one attached hydrogen (secondary N) is 2. The number of fused-ring (bicyclic) bond motifs is 2. The summed E-state index contributed by atoms with van der Waals surface area (Å²) >= 11 is 0. The van der Waals surface area contributed by atoms with Crippen molar-refractivity contribution in [2.24, 2.45) is 10.7 Å². The number of nitrogens with two attached hydrogens (primary N) is 1. The fraction of sp³-hybridized carbons (Fsp3) is 0.280. The van der Waals surface area contributed by atoms with Gasteiger partial charge in [-0.1, -0.05) is 31.4 Å². The third-order valence-electron chi connectivity index (χ3n) is 6.73. The lowest BCUT2D eigenvalue weighted by Gasteiger charge is -2.38. The second-order valence-electron chi connectivity index (χ2n) is 8.91. The fourth-order valence-corrected chi connectivity index (χ4v) is 5.06. The molecule has 2 aromatic heterocycles. The highest BCUT2D eigenvalue weighted by Crippen LogP contribution is 2.31. The zero-order valence-electron chi connectivity index (χ0n) is 18.6. The Bertz CT molecular complexity index is 1380. The minimum absolute atomic E-state index is 0.0956. The first-order valence-electron chi connectivity index (χ1n) is 11.6. The number of hydrogen-bond donors (Lipinski definition) is 3. The van der Waals surface area contributed by atoms with E-state index in [0.29, 0.717) is 30.0 Å². The third-order valence-corrected chi connectivity index (χ3v) is 6.73. The molecule has 0 saturated heterocycles. The molecule has 4 aromatic rings. The van der Waals surface area contributed by atoms with Gasteiger partial charge in [-0.05, 0) is 42.7 Å². The van der Waals surface area contributed by atoms with E-state index in [4.69, 9.17) is 5.73 Å². The van der Waals surface area contributed by atoms with Crippen molar-refractivity contribution in [2.75, 3.05) is 17.0 Å². The summed E-state index contributed by atoms with van der Waals surface area (Å²) in [5.41, 5.74) is 10.5. The van der Waals surface area contributed by atoms with Crippen LogP contribution in [0.2, 0.25) is 0 Å². The maximum Gasteiger partial charge on any atom is 0.205 e. The SMILES string of the molecule is NC1=NCN(C2CCCCC2)n2ccc(-c3ccc(Nc4nc5c(F)cc(F)cc5[nH]4)cc3)c21. The number of H-pyrrole nitrogens is 1. The minimum atomic E-state index is -0.699. The van der Waals surface area contributed by atoms with Crippen molar-refractivity contribution in [1.29, 1.82) is 0 Å². The lowest BCUT2D eigenvalue weighted by atomic mass is 9.95. The summed E-state index contributed by atoms with van der Waals surface area (Å²) in [7, 11) is 0. The van der Waals surface area contributed by atoms with Crippen LogP contribution in [0.5, 0.6) is 0 Å². The second-order valence-corrected chi connectivity index (χ2v) is 8.91. The Morgan fingerprint density at radius 1 is 1.03 bits per heavy atom. The number of amidine groups is 1. The molecule has 2 aromatic carbocycles. The van der Waals surface area contributed by atoms with Crippen molar-refractivity contribution in [3.05, 3.63) is 66.0 Å². The van der Waals surface area contributed by atoms with E-state index >= 15 is 0 Å². The van der Waals surface area contributed by atoms with Crippen LogP contribution < -0.4 is 16.1 Å². The van der Waals surface area contributed by atoms with Gasteiger partial charge in [0.05, 0.1) is 5.52 Å². The highest BCUT2D eigenvalue weighted by atomic mass is 19.1. The molecule has 0 atom stereocenters. The summed E-state index contributed by atoms with van der Waals surface area (Å²) < 4.78 is 29.6. The summed E-state index contributed by atoms with van der Waals surface area (Å²) in [6.45, 7) is 0.586. The van der Waals surface area contributed by atoms with Crippen LogP contribution >= 0.6 is 0 Å². The van der Waals surface area contributed by atoms with Gasteiger partial charge in [-0.3, -0.25) is 9.69 Å². The fourth-order valence-electron chi connectivity index (χ4n) is 5.06. The number of anilines is 2. The number of nitrogens with zero attached hydrogens (tertiary/aromatic N) is 4. The third kappa shape index (κ3) is 3.57. The van der Waals surface area contributed by atoms with Gasteiger partial charge >= 0.3 is 0 Å². The van der Waals surface area contributed by atoms with Crippen molar-refractivity contribution < 1.29 is 8.78 Å². The van der Waals surface area contributed by atoms with Gasteiger partial charge < -0.3 is 16.0 Å². The first-order valence-corrected chi connectivity index (χ1v) is 11.6. The van der Waals surface area contributed by atoms with Crippen LogP contribution in [0.4, 0.5) is 20.4 Å². The van der Waals surface area contributed by atoms with Crippen molar-refractivity contribution >= 4 is 28.5 Å². The predicted octanol–water partition coefficient (Wildman–Crippen LogP) is 5.00. The van der Waals surface area contributed by atoms with E-state index in [-0.39, 0.29) is 5.52 Å². The molecule has 0 unspecified atom stereocenters. The first kappa shape index (κ1) is 20.7. The van der Waals surface area contributed by atoms with Gasteiger partial charge in [0.15, 0.2) is 5.82 Å². The highest BCUT2D eigenvalue weighted by Gasteiger charge is 2.28. The van der Waals surface area contributed by atoms with Gasteiger partial charge in [0.2, 0.25) is 5.95 Å². The van der Waals surface area contributed by atoms with Crippen molar-refractivity contribution in [1.82, 2.24) is 14.6 Å². The lowest BCUT2D eigenvalue weighted by molar-refractivity contribution is 0.361. The van der Waals surface area contributed by atoms with Crippen LogP contribution in [0, 0.1) is 11.6 Å². The van der Waals surface area contributed by atoms with Crippen molar-refractivity contribution in [2.45, 2.75) is 38.1 Å². The molecule has 1 saturated carbocycles. The van der Waals surface area contributed by atoms with Gasteiger partial charge in [0.25, 0.3) is 0 Å². The molecule has 2 aliphatic rings. The van der Waals surface area contributed by atoms with Gasteiger partial charge in [-0.2, -0.15) is 0 Å². The largest absolute Gasteiger partial charge is 0.382 e. The molecule has 1 fully saturated rings. The lowest BCUT2D eigenvalue weighted by Crippen LogP contribution is -2.49. The Morgan fingerprint density at radius 2 is 1.82 bits per heavy atom. The topological polar surface area (TPSA) is 87.3 Å². The van der Waals surface area contributed by atoms with E-state index in [2.05, 4.69) is 42.2 Å². The number of hydrogen-bond acceptors (Lipinski definition) is 5. The normalized spacial score (nSPS) is 16.5. The Balaban J connectivity index is 1.26. The van der Waals surface area contributed by atoms with Gasteiger partial charge in [0, 0.05) is 29.6 Å². The second kappa shape index (κ2) is 8.16. The molecular weight excluding hydrogens is 436 g/mol. The molecular formula is C25H25F2N7. The van der Waals surface area contributed by atoms with Crippen LogP contribution in [-0.2, 0) is 0 Å². The Morgan fingerprint density at radius 3 is 2.62 bits per heavy atom. The minimum Gasteiger partial charge on any atom is -0.382 e. The summed E-state index contributed by atoms with van der Waals surface area (Å²) in [5, 5.41) is 5.44. The zero-order chi connectivity index (χ0) is 23.2. The quantitative estimate of drug-likeness (QED) is 0.399. The Hall–Kier alpha value is -3.88. The maximum absolute atomic E-state index is 13.9. The van der Waals surface area contributed by atoms with Crippen LogP contribution in [0.25, 0.3) is 22.2 Å². The number of aliphatic imine (C=N–C) groups is 1. The number of aromatic amines is 1. The standard InChI is InChI=1S/C25H25F2N7/c26-16-12-20(27)22-21(13-16)31-25(32-22)30-17-8-6-15(7-9-17)19-10-11-33-23(19)24(28)29-14-34(33)18-4-2-1-3-5-18/h6-13,18H,1-5,14H2,(H2,28,29)(H2,30,31,32). The van der Waals surface area contributed by atoms with Crippen molar-refractivity contribution in [3.8, 4) is 11.1 Å². The Labute approximate surface area is 195 Å². The molecule has 9 heteroatoms. The summed E-state index contributed by atoms with van der Waals surface area (Å²) in [6, 6.07) is 12.4. The molecule has 34 heavy (non-hydrogen) atoms. The zero-order valence-corrected chi connectivity index (χ0v) is 18.6. The number of halogens is 2. The molecule has 0 spiro atoms. The van der Waals surface area contributed by atoms with E-state index in [1.165, 1.54) is 38.2 Å². The van der Waals surface area contributed by atoms with Crippen LogP contribution in [0.1, 0.15) is 37.8 Å². The molecule has 1 aliphatic carbocycles. The number of aromatic nitrogens is 3. The molecule has 174 valence electrons. The maximum atomic E-state index is 13.9. The smallest absolute Gasteiger partial charge is 0.205 e. The number of imidazole rings is 1. The van der Waals surface area contributed by atoms with Crippen LogP contribution in [0.15, 0.2) is 53.7 Å². The molecule has 0 radical (unpaired) electrons. The average Bonchev–Trinajstić information content (AvgIpc) is 3.46. The van der Waals surface area contributed by atoms with Gasteiger partial charge in [-0.15, -0.1) is 0 Å². The molecule has 6 rings (SSSR count). The summed E-state index contributed by atoms with van der Waals surface area (Å²) in [6.07, 6.45) is 8.26. The van der Waals surface area contributed by atoms with Crippen LogP contribution in [0.3, 0.4) is 0 Å². The molecule has 4 N–H and O–H groups in total.